The summed E-state index contributed by atoms with van der Waals surface area (Å²) in [7, 11) is 5.64. The largest absolute Gasteiger partial charge is 0.493 e. The Kier molecular flexibility index (Phi) is 4.74. The molecule has 1 saturated heterocycles. The predicted molar refractivity (Wildman–Crippen MR) is 86.2 cm³/mol. The van der Waals surface area contributed by atoms with Gasteiger partial charge in [0.15, 0.2) is 11.5 Å². The Labute approximate surface area is 141 Å². The van der Waals surface area contributed by atoms with Crippen LogP contribution < -0.4 is 9.47 Å². The summed E-state index contributed by atoms with van der Waals surface area (Å²) in [4.78, 5) is 37.9. The number of likely N-dealkylation sites (N-methyl/N-ethyl adjacent to an activating group) is 2. The Morgan fingerprint density at radius 2 is 1.43 bits per heavy atom. The molecule has 0 aromatic heterocycles. The van der Waals surface area contributed by atoms with Gasteiger partial charge in [-0.3, -0.25) is 19.4 Å². The number of halogens is 1. The van der Waals surface area contributed by atoms with E-state index < -0.39 is 17.8 Å². The average molecular weight is 383 g/mol. The van der Waals surface area contributed by atoms with Gasteiger partial charge in [0.25, 0.3) is 11.8 Å². The van der Waals surface area contributed by atoms with Crippen molar-refractivity contribution in [3.8, 4) is 11.5 Å². The van der Waals surface area contributed by atoms with Gasteiger partial charge in [0.1, 0.15) is 5.57 Å². The molecular weight excluding hydrogens is 368 g/mol. The molecule has 1 aliphatic rings. The lowest BCUT2D eigenvalue weighted by Crippen LogP contribution is -2.52. The second-order valence-electron chi connectivity index (χ2n) is 4.80. The first kappa shape index (κ1) is 17.0. The van der Waals surface area contributed by atoms with Gasteiger partial charge in [0.05, 0.1) is 14.2 Å². The van der Waals surface area contributed by atoms with Crippen molar-refractivity contribution in [2.24, 2.45) is 0 Å². The fourth-order valence-corrected chi connectivity index (χ4v) is 2.55. The van der Waals surface area contributed by atoms with Crippen molar-refractivity contribution in [2.75, 3.05) is 28.3 Å². The van der Waals surface area contributed by atoms with Crippen molar-refractivity contribution in [3.05, 3.63) is 27.7 Å². The van der Waals surface area contributed by atoms with Crippen LogP contribution in [0.25, 0.3) is 6.08 Å². The van der Waals surface area contributed by atoms with Crippen LogP contribution in [0.2, 0.25) is 0 Å². The molecule has 2 rings (SSSR count). The van der Waals surface area contributed by atoms with E-state index in [1.165, 1.54) is 34.4 Å². The van der Waals surface area contributed by atoms with Crippen molar-refractivity contribution in [1.82, 2.24) is 9.80 Å². The van der Waals surface area contributed by atoms with E-state index in [0.717, 1.165) is 9.80 Å². The summed E-state index contributed by atoms with van der Waals surface area (Å²) in [6.45, 7) is 0. The maximum Gasteiger partial charge on any atom is 0.333 e. The zero-order chi connectivity index (χ0) is 17.3. The number of nitrogens with zero attached hydrogens (tertiary/aromatic N) is 2. The number of hydrogen-bond donors (Lipinski definition) is 0. The molecule has 0 N–H and O–H groups in total. The van der Waals surface area contributed by atoms with Crippen molar-refractivity contribution in [3.63, 3.8) is 0 Å². The molecule has 1 aliphatic heterocycles. The highest BCUT2D eigenvalue weighted by Crippen LogP contribution is 2.34. The van der Waals surface area contributed by atoms with Gasteiger partial charge < -0.3 is 9.47 Å². The van der Waals surface area contributed by atoms with Crippen LogP contribution in [0.15, 0.2) is 22.2 Å². The summed E-state index contributed by atoms with van der Waals surface area (Å²) in [5, 5.41) is 0. The number of carbonyl (C=O) groups is 3. The van der Waals surface area contributed by atoms with Crippen LogP contribution in [0, 0.1) is 0 Å². The summed E-state index contributed by atoms with van der Waals surface area (Å²) in [5.41, 5.74) is 0.443. The van der Waals surface area contributed by atoms with Crippen LogP contribution in [0.5, 0.6) is 11.5 Å². The van der Waals surface area contributed by atoms with Crippen molar-refractivity contribution < 1.29 is 23.9 Å². The molecule has 0 spiro atoms. The molecule has 0 saturated carbocycles. The van der Waals surface area contributed by atoms with Crippen LogP contribution in [0.1, 0.15) is 5.56 Å². The minimum atomic E-state index is -0.663. The third-order valence-corrected chi connectivity index (χ3v) is 4.13. The van der Waals surface area contributed by atoms with Crippen molar-refractivity contribution in [2.45, 2.75) is 0 Å². The van der Waals surface area contributed by atoms with Crippen molar-refractivity contribution >= 4 is 39.9 Å². The molecule has 0 unspecified atom stereocenters. The number of barbiturate groups is 1. The van der Waals surface area contributed by atoms with Gasteiger partial charge in [-0.25, -0.2) is 4.79 Å². The molecule has 1 aromatic rings. The summed E-state index contributed by atoms with van der Waals surface area (Å²) in [6.07, 6.45) is 1.41. The van der Waals surface area contributed by atoms with Crippen LogP contribution in [0.3, 0.4) is 0 Å². The molecule has 23 heavy (non-hydrogen) atoms. The summed E-state index contributed by atoms with van der Waals surface area (Å²) >= 11 is 3.36. The lowest BCUT2D eigenvalue weighted by atomic mass is 10.1. The molecule has 1 aromatic carbocycles. The van der Waals surface area contributed by atoms with E-state index >= 15 is 0 Å². The van der Waals surface area contributed by atoms with Crippen LogP contribution in [-0.4, -0.2) is 56.0 Å². The number of hydrogen-bond acceptors (Lipinski definition) is 5. The number of imide groups is 2. The minimum Gasteiger partial charge on any atom is -0.493 e. The second-order valence-corrected chi connectivity index (χ2v) is 5.65. The number of ether oxygens (including phenoxy) is 2. The maximum atomic E-state index is 12.2. The van der Waals surface area contributed by atoms with E-state index in [1.807, 2.05) is 0 Å². The molecule has 4 amide bonds. The third kappa shape index (κ3) is 2.94. The van der Waals surface area contributed by atoms with Gasteiger partial charge in [-0.1, -0.05) is 15.9 Å². The first-order valence-electron chi connectivity index (χ1n) is 6.55. The number of carbonyl (C=O) groups excluding carboxylic acids is 3. The quantitative estimate of drug-likeness (QED) is 0.589. The average Bonchev–Trinajstić information content (AvgIpc) is 2.55. The zero-order valence-corrected chi connectivity index (χ0v) is 14.6. The highest BCUT2D eigenvalue weighted by atomic mass is 79.9. The van der Waals surface area contributed by atoms with Gasteiger partial charge in [0, 0.05) is 18.6 Å². The number of rotatable bonds is 3. The number of amides is 4. The topological polar surface area (TPSA) is 76.2 Å². The van der Waals surface area contributed by atoms with Gasteiger partial charge in [0.2, 0.25) is 0 Å². The highest BCUT2D eigenvalue weighted by molar-refractivity contribution is 9.10. The van der Waals surface area contributed by atoms with E-state index in [9.17, 15) is 14.4 Å². The molecule has 122 valence electrons. The first-order chi connectivity index (χ1) is 10.8. The lowest BCUT2D eigenvalue weighted by molar-refractivity contribution is -0.134. The van der Waals surface area contributed by atoms with E-state index in [0.29, 0.717) is 21.5 Å². The molecule has 0 radical (unpaired) electrons. The Hall–Kier alpha value is -2.35. The van der Waals surface area contributed by atoms with E-state index in [2.05, 4.69) is 15.9 Å². The molecular formula is C15H15BrN2O5. The first-order valence-corrected chi connectivity index (χ1v) is 7.34. The van der Waals surface area contributed by atoms with Gasteiger partial charge in [-0.2, -0.15) is 0 Å². The second kappa shape index (κ2) is 6.41. The van der Waals surface area contributed by atoms with E-state index in [1.54, 1.807) is 12.1 Å². The Balaban J connectivity index is 2.54. The lowest BCUT2D eigenvalue weighted by Gasteiger charge is -2.29. The summed E-state index contributed by atoms with van der Waals surface area (Å²) in [5.74, 6) is -0.345. The van der Waals surface area contributed by atoms with E-state index in [-0.39, 0.29) is 5.57 Å². The fourth-order valence-electron chi connectivity index (χ4n) is 2.11. The summed E-state index contributed by atoms with van der Waals surface area (Å²) < 4.78 is 11.0. The number of urea groups is 1. The minimum absolute atomic E-state index is 0.109. The van der Waals surface area contributed by atoms with Crippen LogP contribution >= 0.6 is 15.9 Å². The standard InChI is InChI=1S/C15H15BrN2O5/c1-17-13(19)9(14(20)18(2)15(17)21)5-8-6-11(22-3)12(23-4)7-10(8)16/h5-7H,1-4H3. The number of benzene rings is 1. The normalized spacial score (nSPS) is 15.2. The Bertz CT molecular complexity index is 703. The SMILES string of the molecule is COc1cc(Br)c(C=C2C(=O)N(C)C(=O)N(C)C2=O)cc1OC. The van der Waals surface area contributed by atoms with Gasteiger partial charge >= 0.3 is 6.03 Å². The maximum absolute atomic E-state index is 12.2. The third-order valence-electron chi connectivity index (χ3n) is 3.45. The predicted octanol–water partition coefficient (Wildman–Crippen LogP) is 1.90. The van der Waals surface area contributed by atoms with Crippen molar-refractivity contribution in [1.29, 1.82) is 0 Å². The zero-order valence-electron chi connectivity index (χ0n) is 13.0. The van der Waals surface area contributed by atoms with Gasteiger partial charge in [-0.15, -0.1) is 0 Å². The smallest absolute Gasteiger partial charge is 0.333 e. The molecule has 0 bridgehead atoms. The van der Waals surface area contributed by atoms with E-state index in [4.69, 9.17) is 9.47 Å². The van der Waals surface area contributed by atoms with Crippen LogP contribution in [-0.2, 0) is 9.59 Å². The Morgan fingerprint density at radius 1 is 0.957 bits per heavy atom. The molecule has 0 aliphatic carbocycles. The monoisotopic (exact) mass is 382 g/mol. The van der Waals surface area contributed by atoms with Crippen LogP contribution in [0.4, 0.5) is 4.79 Å². The summed E-state index contributed by atoms with van der Waals surface area (Å²) in [6, 6.07) is 2.64. The molecule has 1 fully saturated rings. The number of methoxy groups -OCH3 is 2. The molecule has 7 nitrogen and oxygen atoms in total. The van der Waals surface area contributed by atoms with Gasteiger partial charge in [-0.05, 0) is 23.8 Å². The molecule has 8 heteroatoms. The highest BCUT2D eigenvalue weighted by Gasteiger charge is 2.37. The fraction of sp³-hybridized carbons (Fsp3) is 0.267. The Morgan fingerprint density at radius 3 is 1.91 bits per heavy atom. The molecule has 0 atom stereocenters. The molecule has 1 heterocycles.